The van der Waals surface area contributed by atoms with E-state index >= 15 is 0 Å². The van der Waals surface area contributed by atoms with E-state index in [1.54, 1.807) is 0 Å². The molecule has 7 heteroatoms. The summed E-state index contributed by atoms with van der Waals surface area (Å²) in [5.41, 5.74) is 0.266. The number of aliphatic imine (C=N–C) groups is 1. The summed E-state index contributed by atoms with van der Waals surface area (Å²) < 4.78 is 5.56. The molecule has 142 valence electrons. The van der Waals surface area contributed by atoms with Gasteiger partial charge in [-0.15, -0.1) is 0 Å². The molecule has 3 saturated heterocycles. The van der Waals surface area contributed by atoms with E-state index in [4.69, 9.17) is 4.74 Å². The van der Waals surface area contributed by atoms with E-state index in [-0.39, 0.29) is 5.54 Å². The molecule has 0 bridgehead atoms. The van der Waals surface area contributed by atoms with E-state index < -0.39 is 0 Å². The number of rotatable bonds is 5. The minimum Gasteiger partial charge on any atom is -0.379 e. The van der Waals surface area contributed by atoms with Gasteiger partial charge in [-0.05, 0) is 31.4 Å². The first-order valence-electron chi connectivity index (χ1n) is 9.91. The summed E-state index contributed by atoms with van der Waals surface area (Å²) in [4.78, 5) is 9.80. The van der Waals surface area contributed by atoms with Crippen LogP contribution in [0.4, 0.5) is 0 Å². The number of morpholine rings is 1. The lowest BCUT2D eigenvalue weighted by Gasteiger charge is -2.43. The maximum Gasteiger partial charge on any atom is 0.191 e. The summed E-state index contributed by atoms with van der Waals surface area (Å²) in [5.74, 6) is 3.46. The summed E-state index contributed by atoms with van der Waals surface area (Å²) in [6.07, 6.45) is 5.31. The number of likely N-dealkylation sites (tertiary alicyclic amines) is 1. The van der Waals surface area contributed by atoms with E-state index in [0.717, 1.165) is 44.8 Å². The molecule has 2 unspecified atom stereocenters. The number of thioether (sulfide) groups is 1. The standard InChI is InChI=1S/C18H33N5OS/c1-19-17(21-15-4-6-22(12-15)16-2-3-16)20-13-18(5-11-25-14-18)23-7-9-24-10-8-23/h15-16H,2-14H2,1H3,(H2,19,20,21). The second-order valence-corrected chi connectivity index (χ2v) is 9.01. The zero-order valence-electron chi connectivity index (χ0n) is 15.5. The topological polar surface area (TPSA) is 52.1 Å². The van der Waals surface area contributed by atoms with Gasteiger partial charge in [0.25, 0.3) is 0 Å². The van der Waals surface area contributed by atoms with Crippen molar-refractivity contribution in [3.8, 4) is 0 Å². The fourth-order valence-corrected chi connectivity index (χ4v) is 5.93. The van der Waals surface area contributed by atoms with Gasteiger partial charge in [-0.1, -0.05) is 0 Å². The molecular weight excluding hydrogens is 334 g/mol. The monoisotopic (exact) mass is 367 g/mol. The molecule has 3 heterocycles. The molecule has 0 spiro atoms. The first kappa shape index (κ1) is 17.9. The average Bonchev–Trinajstić information content (AvgIpc) is 3.21. The van der Waals surface area contributed by atoms with Crippen LogP contribution in [0.15, 0.2) is 4.99 Å². The second kappa shape index (κ2) is 8.03. The number of ether oxygens (including phenoxy) is 1. The minimum absolute atomic E-state index is 0.266. The van der Waals surface area contributed by atoms with Gasteiger partial charge in [0.15, 0.2) is 5.96 Å². The largest absolute Gasteiger partial charge is 0.379 e. The van der Waals surface area contributed by atoms with Crippen molar-refractivity contribution in [2.75, 3.05) is 64.5 Å². The van der Waals surface area contributed by atoms with Gasteiger partial charge < -0.3 is 15.4 Å². The lowest BCUT2D eigenvalue weighted by molar-refractivity contribution is -0.0120. The summed E-state index contributed by atoms with van der Waals surface area (Å²) in [6, 6.07) is 1.42. The Morgan fingerprint density at radius 1 is 1.24 bits per heavy atom. The van der Waals surface area contributed by atoms with E-state index in [2.05, 4.69) is 37.2 Å². The van der Waals surface area contributed by atoms with Crippen LogP contribution < -0.4 is 10.6 Å². The number of nitrogens with zero attached hydrogens (tertiary/aromatic N) is 3. The van der Waals surface area contributed by atoms with E-state index in [1.807, 2.05) is 7.05 Å². The Balaban J connectivity index is 1.30. The van der Waals surface area contributed by atoms with Crippen molar-refractivity contribution < 1.29 is 4.74 Å². The molecule has 0 aromatic carbocycles. The Labute approximate surface area is 156 Å². The summed E-state index contributed by atoms with van der Waals surface area (Å²) >= 11 is 2.09. The molecule has 4 fully saturated rings. The number of hydrogen-bond acceptors (Lipinski definition) is 5. The van der Waals surface area contributed by atoms with Gasteiger partial charge in [0.05, 0.1) is 13.2 Å². The highest BCUT2D eigenvalue weighted by atomic mass is 32.2. The molecule has 4 aliphatic rings. The highest BCUT2D eigenvalue weighted by molar-refractivity contribution is 7.99. The van der Waals surface area contributed by atoms with E-state index in [1.165, 1.54) is 50.3 Å². The molecule has 0 aromatic heterocycles. The molecule has 1 aliphatic carbocycles. The number of guanidine groups is 1. The van der Waals surface area contributed by atoms with Gasteiger partial charge >= 0.3 is 0 Å². The van der Waals surface area contributed by atoms with Gasteiger partial charge in [0, 0.05) is 63.1 Å². The Morgan fingerprint density at radius 2 is 2.08 bits per heavy atom. The maximum absolute atomic E-state index is 5.56. The molecule has 1 saturated carbocycles. The summed E-state index contributed by atoms with van der Waals surface area (Å²) in [5, 5.41) is 7.33. The zero-order valence-corrected chi connectivity index (χ0v) is 16.3. The van der Waals surface area contributed by atoms with Crippen LogP contribution in [-0.2, 0) is 4.74 Å². The molecule has 3 aliphatic heterocycles. The SMILES string of the molecule is CN=C(NCC1(N2CCOCC2)CCSC1)NC1CCN(C2CC2)C1. The van der Waals surface area contributed by atoms with Crippen LogP contribution in [0.3, 0.4) is 0 Å². The molecule has 0 amide bonds. The lowest BCUT2D eigenvalue weighted by Crippen LogP contribution is -2.60. The smallest absolute Gasteiger partial charge is 0.191 e. The van der Waals surface area contributed by atoms with E-state index in [9.17, 15) is 0 Å². The molecular formula is C18H33N5OS. The van der Waals surface area contributed by atoms with Crippen molar-refractivity contribution in [1.29, 1.82) is 0 Å². The summed E-state index contributed by atoms with van der Waals surface area (Å²) in [6.45, 7) is 7.28. The minimum atomic E-state index is 0.266. The fourth-order valence-electron chi connectivity index (χ4n) is 4.45. The highest BCUT2D eigenvalue weighted by Gasteiger charge is 2.41. The van der Waals surface area contributed by atoms with Crippen LogP contribution >= 0.6 is 11.8 Å². The predicted octanol–water partition coefficient (Wildman–Crippen LogP) is 0.596. The summed E-state index contributed by atoms with van der Waals surface area (Å²) in [7, 11) is 1.90. The molecule has 4 rings (SSSR count). The van der Waals surface area contributed by atoms with Crippen LogP contribution in [0.2, 0.25) is 0 Å². The molecule has 0 aromatic rings. The van der Waals surface area contributed by atoms with Crippen LogP contribution in [-0.4, -0.2) is 97.9 Å². The third kappa shape index (κ3) is 4.26. The van der Waals surface area contributed by atoms with Crippen LogP contribution in [0.1, 0.15) is 25.7 Å². The molecule has 25 heavy (non-hydrogen) atoms. The van der Waals surface area contributed by atoms with Crippen LogP contribution in [0.5, 0.6) is 0 Å². The quantitative estimate of drug-likeness (QED) is 0.548. The number of nitrogens with one attached hydrogen (secondary N) is 2. The van der Waals surface area contributed by atoms with Gasteiger partial charge in [0.2, 0.25) is 0 Å². The molecule has 2 N–H and O–H groups in total. The Kier molecular flexibility index (Phi) is 5.74. The van der Waals surface area contributed by atoms with Crippen molar-refractivity contribution in [1.82, 2.24) is 20.4 Å². The van der Waals surface area contributed by atoms with Crippen LogP contribution in [0, 0.1) is 0 Å². The van der Waals surface area contributed by atoms with Crippen molar-refractivity contribution in [3.05, 3.63) is 0 Å². The fraction of sp³-hybridized carbons (Fsp3) is 0.944. The second-order valence-electron chi connectivity index (χ2n) is 7.91. The van der Waals surface area contributed by atoms with Gasteiger partial charge in [0.1, 0.15) is 0 Å². The van der Waals surface area contributed by atoms with Gasteiger partial charge in [-0.2, -0.15) is 11.8 Å². The predicted molar refractivity (Wildman–Crippen MR) is 105 cm³/mol. The third-order valence-corrected chi connectivity index (χ3v) is 7.43. The zero-order chi connectivity index (χ0) is 17.1. The van der Waals surface area contributed by atoms with Crippen molar-refractivity contribution in [3.63, 3.8) is 0 Å². The van der Waals surface area contributed by atoms with Gasteiger partial charge in [-0.3, -0.25) is 14.8 Å². The Morgan fingerprint density at radius 3 is 2.76 bits per heavy atom. The first-order chi connectivity index (χ1) is 12.3. The lowest BCUT2D eigenvalue weighted by atomic mass is 9.95. The normalized spacial score (nSPS) is 35.2. The van der Waals surface area contributed by atoms with Crippen molar-refractivity contribution in [2.45, 2.75) is 43.3 Å². The molecule has 6 nitrogen and oxygen atoms in total. The van der Waals surface area contributed by atoms with Gasteiger partial charge in [-0.25, -0.2) is 0 Å². The Hall–Kier alpha value is -0.500. The maximum atomic E-state index is 5.56. The Bertz CT molecular complexity index is 472. The van der Waals surface area contributed by atoms with Crippen LogP contribution in [0.25, 0.3) is 0 Å². The van der Waals surface area contributed by atoms with Crippen molar-refractivity contribution >= 4 is 17.7 Å². The first-order valence-corrected chi connectivity index (χ1v) is 11.1. The number of hydrogen-bond donors (Lipinski definition) is 2. The van der Waals surface area contributed by atoms with Crippen molar-refractivity contribution in [2.24, 2.45) is 4.99 Å². The molecule has 0 radical (unpaired) electrons. The van der Waals surface area contributed by atoms with E-state index in [0.29, 0.717) is 6.04 Å². The average molecular weight is 368 g/mol. The highest BCUT2D eigenvalue weighted by Crippen LogP contribution is 2.33. The molecule has 2 atom stereocenters. The third-order valence-electron chi connectivity index (χ3n) is 6.20.